The quantitative estimate of drug-likeness (QED) is 0.135. The zero-order chi connectivity index (χ0) is 25.7. The van der Waals surface area contributed by atoms with Crippen LogP contribution in [-0.2, 0) is 19.9 Å². The van der Waals surface area contributed by atoms with Crippen molar-refractivity contribution >= 4 is 49.0 Å². The Balaban J connectivity index is 1.88. The Morgan fingerprint density at radius 2 is 1.44 bits per heavy atom. The number of benzene rings is 3. The van der Waals surface area contributed by atoms with Gasteiger partial charge in [0.05, 0.1) is 27.3 Å². The maximum Gasteiger partial charge on any atom is 0.224 e. The molecule has 184 valence electrons. The Morgan fingerprint density at radius 1 is 0.722 bits per heavy atom. The highest BCUT2D eigenvalue weighted by Gasteiger charge is 2.26. The van der Waals surface area contributed by atoms with Crippen molar-refractivity contribution in [1.82, 2.24) is 4.40 Å². The first-order valence-electron chi connectivity index (χ1n) is 13.4. The summed E-state index contributed by atoms with van der Waals surface area (Å²) in [5.41, 5.74) is 11.5. The molecule has 2 nitrogen and oxygen atoms in total. The Morgan fingerprint density at radius 3 is 2.14 bits per heavy atom. The van der Waals surface area contributed by atoms with E-state index in [-0.39, 0.29) is 10.8 Å². The minimum absolute atomic E-state index is 0.233. The summed E-state index contributed by atoms with van der Waals surface area (Å²) in [6.07, 6.45) is 4.40. The summed E-state index contributed by atoms with van der Waals surface area (Å²) in [7, 11) is 2.21. The lowest BCUT2D eigenvalue weighted by Crippen LogP contribution is -2.29. The average molecular weight is 476 g/mol. The minimum atomic E-state index is 0.233. The molecule has 2 heteroatoms. The van der Waals surface area contributed by atoms with Crippen molar-refractivity contribution in [3.8, 4) is 0 Å². The molecule has 0 N–H and O–H groups in total. The van der Waals surface area contributed by atoms with Gasteiger partial charge in [0, 0.05) is 16.8 Å². The van der Waals surface area contributed by atoms with Gasteiger partial charge in [-0.2, -0.15) is 0 Å². The molecule has 0 aliphatic carbocycles. The molecule has 0 bridgehead atoms. The second-order valence-electron chi connectivity index (χ2n) is 13.6. The number of nitrogens with zero attached hydrogens (tertiary/aromatic N) is 2. The smallest absolute Gasteiger partial charge is 0.224 e. The second kappa shape index (κ2) is 7.44. The summed E-state index contributed by atoms with van der Waals surface area (Å²) in [6, 6.07) is 16.7. The van der Waals surface area contributed by atoms with Crippen molar-refractivity contribution in [3.05, 3.63) is 70.9 Å². The SMILES string of the molecule is Cc1cc2c3ccc(CC(C)(C)C)cc3n3c4ccc(CC(C)(C)C)c5cc[n+](C)c(c(c1C)c23)c54. The lowest BCUT2D eigenvalue weighted by atomic mass is 9.85. The Labute approximate surface area is 214 Å². The first-order chi connectivity index (χ1) is 16.8. The number of pyridine rings is 2. The van der Waals surface area contributed by atoms with Crippen LogP contribution in [0.2, 0.25) is 0 Å². The third kappa shape index (κ3) is 3.41. The molecule has 0 fully saturated rings. The summed E-state index contributed by atoms with van der Waals surface area (Å²) in [5.74, 6) is 0. The number of hydrogen-bond acceptors (Lipinski definition) is 0. The maximum atomic E-state index is 2.58. The van der Waals surface area contributed by atoms with Gasteiger partial charge >= 0.3 is 0 Å². The van der Waals surface area contributed by atoms with Crippen LogP contribution >= 0.6 is 0 Å². The summed E-state index contributed by atoms with van der Waals surface area (Å²) in [4.78, 5) is 0. The molecule has 0 saturated heterocycles. The number of aromatic nitrogens is 2. The molecule has 0 amide bonds. The first-order valence-corrected chi connectivity index (χ1v) is 13.4. The highest BCUT2D eigenvalue weighted by Crippen LogP contribution is 2.43. The van der Waals surface area contributed by atoms with Gasteiger partial charge in [-0.15, -0.1) is 0 Å². The van der Waals surface area contributed by atoms with Crippen LogP contribution in [0.1, 0.15) is 63.8 Å². The van der Waals surface area contributed by atoms with Gasteiger partial charge in [-0.05, 0) is 83.4 Å². The molecule has 0 aliphatic rings. The third-order valence-corrected chi connectivity index (χ3v) is 7.94. The number of fused-ring (bicyclic) bond motifs is 5. The first kappa shape index (κ1) is 23.3. The van der Waals surface area contributed by atoms with E-state index in [2.05, 4.69) is 120 Å². The minimum Gasteiger partial charge on any atom is -0.307 e. The van der Waals surface area contributed by atoms with Gasteiger partial charge in [-0.1, -0.05) is 59.7 Å². The molecule has 0 atom stereocenters. The molecule has 3 heterocycles. The molecule has 6 rings (SSSR count). The van der Waals surface area contributed by atoms with Gasteiger partial charge in [0.1, 0.15) is 7.05 Å². The topological polar surface area (TPSA) is 8.29 Å². The monoisotopic (exact) mass is 475 g/mol. The van der Waals surface area contributed by atoms with E-state index in [1.54, 1.807) is 0 Å². The van der Waals surface area contributed by atoms with E-state index < -0.39 is 0 Å². The fraction of sp³-hybridized carbons (Fsp3) is 0.382. The molecule has 0 unspecified atom stereocenters. The molecular weight excluding hydrogens is 436 g/mol. The van der Waals surface area contributed by atoms with Crippen LogP contribution in [0.4, 0.5) is 0 Å². The maximum absolute atomic E-state index is 2.58. The predicted octanol–water partition coefficient (Wildman–Crippen LogP) is 8.61. The van der Waals surface area contributed by atoms with E-state index in [9.17, 15) is 0 Å². The summed E-state index contributed by atoms with van der Waals surface area (Å²) >= 11 is 0. The van der Waals surface area contributed by atoms with E-state index in [1.165, 1.54) is 71.3 Å². The molecule has 0 saturated carbocycles. The fourth-order valence-corrected chi connectivity index (χ4v) is 6.45. The zero-order valence-electron chi connectivity index (χ0n) is 23.4. The number of rotatable bonds is 2. The molecule has 0 aliphatic heterocycles. The number of aryl methyl sites for hydroxylation is 3. The Bertz CT molecular complexity index is 1820. The van der Waals surface area contributed by atoms with E-state index in [0.29, 0.717) is 0 Å². The molecule has 0 spiro atoms. The summed E-state index contributed by atoms with van der Waals surface area (Å²) in [5, 5.41) is 6.90. The third-order valence-electron chi connectivity index (χ3n) is 7.94. The van der Waals surface area contributed by atoms with Gasteiger partial charge in [0.15, 0.2) is 6.20 Å². The van der Waals surface area contributed by atoms with Gasteiger partial charge < -0.3 is 4.40 Å². The average Bonchev–Trinajstić information content (AvgIpc) is 3.07. The van der Waals surface area contributed by atoms with Crippen LogP contribution in [0.3, 0.4) is 0 Å². The van der Waals surface area contributed by atoms with Crippen molar-refractivity contribution in [2.24, 2.45) is 17.9 Å². The van der Waals surface area contributed by atoms with E-state index in [4.69, 9.17) is 0 Å². The summed E-state index contributed by atoms with van der Waals surface area (Å²) in [6.45, 7) is 18.6. The van der Waals surface area contributed by atoms with E-state index >= 15 is 0 Å². The van der Waals surface area contributed by atoms with Crippen molar-refractivity contribution in [1.29, 1.82) is 0 Å². The molecule has 36 heavy (non-hydrogen) atoms. The Hall–Kier alpha value is -3.13. The number of hydrogen-bond donors (Lipinski definition) is 0. The van der Waals surface area contributed by atoms with Crippen molar-refractivity contribution in [2.45, 2.75) is 68.2 Å². The summed E-state index contributed by atoms with van der Waals surface area (Å²) < 4.78 is 4.93. The van der Waals surface area contributed by atoms with Gasteiger partial charge in [-0.25, -0.2) is 4.57 Å². The molecule has 3 aromatic heterocycles. The van der Waals surface area contributed by atoms with Gasteiger partial charge in [-0.3, -0.25) is 0 Å². The lowest BCUT2D eigenvalue weighted by Gasteiger charge is -2.21. The standard InChI is InChI=1S/C34H39N2/c1-20-16-26-25-12-10-22(18-33(3,4)5)17-28(25)36-27-13-11-23(19-34(6,7)8)24-14-15-35(9)32(30(24)27)29(21(20)2)31(26)36/h10-17H,18-19H2,1-9H3/q+1. The van der Waals surface area contributed by atoms with Gasteiger partial charge in [0.25, 0.3) is 0 Å². The van der Waals surface area contributed by atoms with Crippen LogP contribution < -0.4 is 4.57 Å². The zero-order valence-corrected chi connectivity index (χ0v) is 23.4. The highest BCUT2D eigenvalue weighted by molar-refractivity contribution is 6.26. The second-order valence-corrected chi connectivity index (χ2v) is 13.6. The van der Waals surface area contributed by atoms with Crippen LogP contribution in [0, 0.1) is 24.7 Å². The van der Waals surface area contributed by atoms with Crippen LogP contribution in [0.15, 0.2) is 48.7 Å². The Kier molecular flexibility index (Phi) is 4.81. The predicted molar refractivity (Wildman–Crippen MR) is 156 cm³/mol. The molecule has 0 radical (unpaired) electrons. The highest BCUT2D eigenvalue weighted by atomic mass is 15.0. The van der Waals surface area contributed by atoms with Crippen molar-refractivity contribution in [3.63, 3.8) is 0 Å². The normalized spacial score (nSPS) is 13.4. The molecule has 6 aromatic rings. The van der Waals surface area contributed by atoms with Crippen molar-refractivity contribution in [2.75, 3.05) is 0 Å². The molecule has 3 aromatic carbocycles. The van der Waals surface area contributed by atoms with Crippen LogP contribution in [0.25, 0.3) is 49.0 Å². The van der Waals surface area contributed by atoms with E-state index in [1.807, 2.05) is 0 Å². The fourth-order valence-electron chi connectivity index (χ4n) is 6.45. The lowest BCUT2D eigenvalue weighted by molar-refractivity contribution is -0.643. The van der Waals surface area contributed by atoms with Crippen LogP contribution in [-0.4, -0.2) is 4.40 Å². The van der Waals surface area contributed by atoms with Gasteiger partial charge in [0.2, 0.25) is 5.52 Å². The van der Waals surface area contributed by atoms with E-state index in [0.717, 1.165) is 12.8 Å². The largest absolute Gasteiger partial charge is 0.307 e. The van der Waals surface area contributed by atoms with Crippen molar-refractivity contribution < 1.29 is 4.57 Å². The van der Waals surface area contributed by atoms with Crippen LogP contribution in [0.5, 0.6) is 0 Å². The molecular formula is C34H39N2+.